The Bertz CT molecular complexity index is 1710. The van der Waals surface area contributed by atoms with E-state index < -0.39 is 35.6 Å². The van der Waals surface area contributed by atoms with Crippen molar-refractivity contribution in [2.24, 2.45) is 11.8 Å². The Morgan fingerprint density at radius 3 is 1.70 bits per heavy atom. The Balaban J connectivity index is 1.39. The Morgan fingerprint density at radius 1 is 0.744 bits per heavy atom. The molecule has 43 heavy (non-hydrogen) atoms. The maximum absolute atomic E-state index is 14.6. The van der Waals surface area contributed by atoms with Crippen LogP contribution in [0.3, 0.4) is 0 Å². The average Bonchev–Trinajstić information content (AvgIpc) is 3.29. The monoisotopic (exact) mass is 608 g/mol. The third-order valence-electron chi connectivity index (χ3n) is 9.05. The largest absolute Gasteiger partial charge is 0.292 e. The van der Waals surface area contributed by atoms with E-state index in [9.17, 15) is 19.2 Å². The van der Waals surface area contributed by atoms with E-state index in [0.29, 0.717) is 10.6 Å². The van der Waals surface area contributed by atoms with E-state index in [1.807, 2.05) is 48.5 Å². The molecule has 0 N–H and O–H groups in total. The Labute approximate surface area is 258 Å². The van der Waals surface area contributed by atoms with Gasteiger partial charge in [0, 0.05) is 22.4 Å². The van der Waals surface area contributed by atoms with Gasteiger partial charge in [0.2, 0.25) is 0 Å². The van der Waals surface area contributed by atoms with Gasteiger partial charge >= 0.3 is 0 Å². The lowest BCUT2D eigenvalue weighted by molar-refractivity contribution is -0.156. The van der Waals surface area contributed by atoms with E-state index in [1.54, 1.807) is 37.3 Å². The van der Waals surface area contributed by atoms with Gasteiger partial charge < -0.3 is 0 Å². The molecule has 0 unspecified atom stereocenters. The van der Waals surface area contributed by atoms with Crippen molar-refractivity contribution in [3.8, 4) is 0 Å². The van der Waals surface area contributed by atoms with Crippen LogP contribution in [0.4, 0.5) is 0 Å². The second-order valence-electron chi connectivity index (χ2n) is 11.2. The molecular weight excluding hydrogens is 583 g/mol. The molecule has 214 valence electrons. The molecule has 1 aliphatic heterocycles. The number of hydrazine groups is 1. The predicted molar refractivity (Wildman–Crippen MR) is 163 cm³/mol. The Morgan fingerprint density at radius 2 is 1.23 bits per heavy atom. The molecular formula is C35H26Cl2N2O4. The van der Waals surface area contributed by atoms with E-state index in [1.165, 1.54) is 18.2 Å². The quantitative estimate of drug-likeness (QED) is 0.176. The van der Waals surface area contributed by atoms with E-state index in [0.717, 1.165) is 32.3 Å². The van der Waals surface area contributed by atoms with E-state index >= 15 is 0 Å². The van der Waals surface area contributed by atoms with E-state index in [4.69, 9.17) is 23.2 Å². The zero-order valence-corrected chi connectivity index (χ0v) is 24.6. The van der Waals surface area contributed by atoms with Crippen molar-refractivity contribution in [1.29, 1.82) is 0 Å². The first-order valence-electron chi connectivity index (χ1n) is 14.3. The van der Waals surface area contributed by atoms with Gasteiger partial charge in [-0.3, -0.25) is 19.2 Å². The summed E-state index contributed by atoms with van der Waals surface area (Å²) in [5, 5.41) is 2.39. The van der Waals surface area contributed by atoms with Crippen molar-refractivity contribution < 1.29 is 19.2 Å². The molecule has 8 heteroatoms. The number of halogens is 2. The lowest BCUT2D eigenvalue weighted by Crippen LogP contribution is -2.57. The van der Waals surface area contributed by atoms with Crippen LogP contribution in [-0.4, -0.2) is 39.6 Å². The minimum Gasteiger partial charge on any atom is -0.292 e. The van der Waals surface area contributed by atoms with E-state index in [2.05, 4.69) is 0 Å². The predicted octanol–water partition coefficient (Wildman–Crippen LogP) is 6.90. The maximum Gasteiger partial charge on any atom is 0.275 e. The molecule has 1 heterocycles. The number of rotatable bonds is 6. The molecule has 2 bridgehead atoms. The van der Waals surface area contributed by atoms with Crippen LogP contribution in [0, 0.1) is 11.8 Å². The number of imide groups is 1. The zero-order valence-electron chi connectivity index (χ0n) is 23.1. The van der Waals surface area contributed by atoms with Gasteiger partial charge in [0.05, 0.1) is 22.4 Å². The summed E-state index contributed by atoms with van der Waals surface area (Å²) >= 11 is 12.6. The number of benzene rings is 4. The van der Waals surface area contributed by atoms with Gasteiger partial charge in [-0.25, -0.2) is 5.01 Å². The maximum atomic E-state index is 14.6. The molecule has 4 aromatic carbocycles. The van der Waals surface area contributed by atoms with Crippen molar-refractivity contribution in [2.45, 2.75) is 31.2 Å². The molecule has 0 saturated carbocycles. The summed E-state index contributed by atoms with van der Waals surface area (Å²) in [4.78, 5) is 57.6. The Hall–Kier alpha value is -4.26. The lowest BCUT2D eigenvalue weighted by atomic mass is 9.55. The van der Waals surface area contributed by atoms with Crippen LogP contribution >= 0.6 is 23.2 Å². The average molecular weight is 610 g/mol. The van der Waals surface area contributed by atoms with Crippen molar-refractivity contribution in [1.82, 2.24) is 10.0 Å². The third-order valence-corrected chi connectivity index (χ3v) is 9.60. The summed E-state index contributed by atoms with van der Waals surface area (Å²) < 4.78 is 0. The van der Waals surface area contributed by atoms with Crippen molar-refractivity contribution in [2.75, 3.05) is 0 Å². The van der Waals surface area contributed by atoms with Gasteiger partial charge in [0.1, 0.15) is 6.04 Å². The molecule has 4 aliphatic rings. The minimum atomic E-state index is -1.14. The number of Topliss-reactive ketones (excluding diaryl/α,β-unsaturated/α-hetero) is 1. The SMILES string of the molecule is CC[C@H](C(=O)c1ccccc1)N(C(=O)c1ccc(Cl)cc1Cl)N1C(=O)[C@@H]2C3c4ccccc4C(c4ccccc43)[C@@H]2C1=O. The Kier molecular flexibility index (Phi) is 6.71. The second kappa shape index (κ2) is 10.5. The van der Waals surface area contributed by atoms with Crippen molar-refractivity contribution >= 4 is 46.7 Å². The minimum absolute atomic E-state index is 0.0374. The van der Waals surface area contributed by atoms with Crippen LogP contribution < -0.4 is 0 Å². The summed E-state index contributed by atoms with van der Waals surface area (Å²) in [6.45, 7) is 1.75. The first-order valence-corrected chi connectivity index (χ1v) is 15.0. The molecule has 8 rings (SSSR count). The normalized spacial score (nSPS) is 22.1. The van der Waals surface area contributed by atoms with Crippen LogP contribution in [0.15, 0.2) is 97.1 Å². The first-order chi connectivity index (χ1) is 20.8. The van der Waals surface area contributed by atoms with Crippen molar-refractivity contribution in [3.63, 3.8) is 0 Å². The van der Waals surface area contributed by atoms with Gasteiger partial charge in [-0.1, -0.05) is 109 Å². The third kappa shape index (κ3) is 4.08. The molecule has 4 aromatic rings. The summed E-state index contributed by atoms with van der Waals surface area (Å²) in [7, 11) is 0. The first kappa shape index (κ1) is 27.6. The highest BCUT2D eigenvalue weighted by Gasteiger charge is 2.63. The molecule has 0 spiro atoms. The van der Waals surface area contributed by atoms with Crippen molar-refractivity contribution in [3.05, 3.63) is 140 Å². The molecule has 6 nitrogen and oxygen atoms in total. The van der Waals surface area contributed by atoms with Gasteiger partial charge in [-0.15, -0.1) is 0 Å². The molecule has 0 radical (unpaired) electrons. The number of hydrogen-bond donors (Lipinski definition) is 0. The number of carbonyl (C=O) groups is 4. The van der Waals surface area contributed by atoms with Crippen LogP contribution in [0.2, 0.25) is 10.0 Å². The smallest absolute Gasteiger partial charge is 0.275 e. The fourth-order valence-corrected chi connectivity index (χ4v) is 7.79. The van der Waals surface area contributed by atoms with Gasteiger partial charge in [-0.2, -0.15) is 5.01 Å². The van der Waals surface area contributed by atoms with E-state index in [-0.39, 0.29) is 34.6 Å². The summed E-state index contributed by atoms with van der Waals surface area (Å²) in [5.41, 5.74) is 4.46. The summed E-state index contributed by atoms with van der Waals surface area (Å²) in [6.07, 6.45) is 0.157. The molecule has 3 aliphatic carbocycles. The van der Waals surface area contributed by atoms with Crippen LogP contribution in [0.5, 0.6) is 0 Å². The second-order valence-corrected chi connectivity index (χ2v) is 12.0. The fourth-order valence-electron chi connectivity index (χ4n) is 7.30. The molecule has 3 atom stereocenters. The number of nitrogens with zero attached hydrogens (tertiary/aromatic N) is 2. The van der Waals surface area contributed by atoms with Gasteiger partial charge in [0.25, 0.3) is 17.7 Å². The highest BCUT2D eigenvalue weighted by molar-refractivity contribution is 6.36. The van der Waals surface area contributed by atoms with Crippen LogP contribution in [-0.2, 0) is 9.59 Å². The zero-order chi connectivity index (χ0) is 30.0. The standard InChI is InChI=1S/C35H26Cl2N2O4/c1-2-27(32(40)19-10-4-3-5-11-19)38(33(41)25-17-16-20(36)18-26(25)37)39-34(42)30-28-21-12-6-7-13-22(21)29(31(30)35(39)43)24-15-9-8-14-23(24)28/h3-18,27-31H,2H2,1H3/t27-,28?,29?,30-,31+/m1/s1. The highest BCUT2D eigenvalue weighted by Crippen LogP contribution is 2.61. The number of amides is 3. The molecule has 1 fully saturated rings. The fraction of sp³-hybridized carbons (Fsp3) is 0.200. The number of carbonyl (C=O) groups excluding carboxylic acids is 4. The van der Waals surface area contributed by atoms with Crippen LogP contribution in [0.25, 0.3) is 0 Å². The highest BCUT2D eigenvalue weighted by atomic mass is 35.5. The molecule has 0 aromatic heterocycles. The number of ketones is 1. The lowest BCUT2D eigenvalue weighted by Gasteiger charge is -2.45. The van der Waals surface area contributed by atoms with Gasteiger partial charge in [0.15, 0.2) is 5.78 Å². The molecule has 3 amide bonds. The molecule has 1 saturated heterocycles. The van der Waals surface area contributed by atoms with Gasteiger partial charge in [-0.05, 0) is 46.9 Å². The summed E-state index contributed by atoms with van der Waals surface area (Å²) in [5.74, 6) is -4.24. The number of hydrogen-bond acceptors (Lipinski definition) is 4. The van der Waals surface area contributed by atoms with Crippen LogP contribution in [0.1, 0.15) is 68.2 Å². The summed E-state index contributed by atoms with van der Waals surface area (Å²) in [6, 6.07) is 27.7. The topological polar surface area (TPSA) is 74.8 Å².